The first-order valence-corrected chi connectivity index (χ1v) is 4.52. The van der Waals surface area contributed by atoms with Gasteiger partial charge in [-0.2, -0.15) is 0 Å². The third-order valence-corrected chi connectivity index (χ3v) is 1.90. The summed E-state index contributed by atoms with van der Waals surface area (Å²) in [4.78, 5) is 10.2. The maximum Gasteiger partial charge on any atom is 0.203 e. The van der Waals surface area contributed by atoms with Crippen molar-refractivity contribution in [3.63, 3.8) is 0 Å². The fraction of sp³-hybridized carbons (Fsp3) is 0.364. The second-order valence-corrected chi connectivity index (χ2v) is 2.98. The molecule has 0 aliphatic carbocycles. The Hall–Kier alpha value is -1.71. The summed E-state index contributed by atoms with van der Waals surface area (Å²) >= 11 is 0. The molecule has 0 aliphatic rings. The van der Waals surface area contributed by atoms with Gasteiger partial charge in [-0.25, -0.2) is 0 Å². The summed E-state index contributed by atoms with van der Waals surface area (Å²) in [6.07, 6.45) is 0.679. The number of benzene rings is 1. The molecule has 0 N–H and O–H groups in total. The van der Waals surface area contributed by atoms with E-state index in [4.69, 9.17) is 14.2 Å². The Morgan fingerprint density at radius 2 is 1.73 bits per heavy atom. The number of hydrogen-bond donors (Lipinski definition) is 0. The zero-order chi connectivity index (χ0) is 11.3. The summed E-state index contributed by atoms with van der Waals surface area (Å²) in [6, 6.07) is 3.64. The second-order valence-electron chi connectivity index (χ2n) is 2.98. The lowest BCUT2D eigenvalue weighted by atomic mass is 10.2. The first-order chi connectivity index (χ1) is 7.22. The summed E-state index contributed by atoms with van der Waals surface area (Å²) < 4.78 is 15.5. The lowest BCUT2D eigenvalue weighted by Gasteiger charge is -2.13. The third-order valence-electron chi connectivity index (χ3n) is 1.90. The topological polar surface area (TPSA) is 44.8 Å². The number of methoxy groups -OCH3 is 2. The molecule has 0 unspecified atom stereocenters. The van der Waals surface area contributed by atoms with Crippen molar-refractivity contribution < 1.29 is 19.0 Å². The van der Waals surface area contributed by atoms with E-state index in [1.807, 2.05) is 19.1 Å². The maximum absolute atomic E-state index is 10.2. The van der Waals surface area contributed by atoms with Crippen LogP contribution < -0.4 is 14.2 Å². The van der Waals surface area contributed by atoms with Crippen LogP contribution in [0.2, 0.25) is 0 Å². The van der Waals surface area contributed by atoms with Crippen LogP contribution in [-0.2, 0) is 4.79 Å². The van der Waals surface area contributed by atoms with Crippen LogP contribution in [0, 0.1) is 6.92 Å². The lowest BCUT2D eigenvalue weighted by molar-refractivity contribution is -0.109. The highest BCUT2D eigenvalue weighted by molar-refractivity contribution is 5.56. The minimum absolute atomic E-state index is 0.0181. The minimum atomic E-state index is -0.0181. The van der Waals surface area contributed by atoms with Gasteiger partial charge in [0.15, 0.2) is 17.8 Å². The smallest absolute Gasteiger partial charge is 0.203 e. The average molecular weight is 210 g/mol. The minimum Gasteiger partial charge on any atom is -0.493 e. The van der Waals surface area contributed by atoms with Gasteiger partial charge in [0.25, 0.3) is 0 Å². The van der Waals surface area contributed by atoms with Crippen molar-refractivity contribution in [3.05, 3.63) is 17.7 Å². The number of hydrogen-bond acceptors (Lipinski definition) is 4. The Morgan fingerprint density at radius 1 is 1.20 bits per heavy atom. The molecule has 4 nitrogen and oxygen atoms in total. The summed E-state index contributed by atoms with van der Waals surface area (Å²) in [5, 5.41) is 0. The molecule has 0 atom stereocenters. The van der Waals surface area contributed by atoms with E-state index in [9.17, 15) is 4.79 Å². The highest BCUT2D eigenvalue weighted by Gasteiger charge is 2.12. The molecule has 0 radical (unpaired) electrons. The van der Waals surface area contributed by atoms with E-state index >= 15 is 0 Å². The highest BCUT2D eigenvalue weighted by Crippen LogP contribution is 2.38. The van der Waals surface area contributed by atoms with Gasteiger partial charge in [0.05, 0.1) is 14.2 Å². The Bertz CT molecular complexity index is 321. The van der Waals surface area contributed by atoms with Crippen molar-refractivity contribution in [1.82, 2.24) is 0 Å². The number of rotatable bonds is 5. The predicted molar refractivity (Wildman–Crippen MR) is 55.8 cm³/mol. The number of aryl methyl sites for hydroxylation is 1. The summed E-state index contributed by atoms with van der Waals surface area (Å²) in [7, 11) is 3.09. The fourth-order valence-corrected chi connectivity index (χ4v) is 1.27. The fourth-order valence-electron chi connectivity index (χ4n) is 1.27. The van der Waals surface area contributed by atoms with Gasteiger partial charge in [0, 0.05) is 0 Å². The van der Waals surface area contributed by atoms with E-state index in [0.717, 1.165) is 5.56 Å². The Balaban J connectivity index is 3.11. The zero-order valence-electron chi connectivity index (χ0n) is 9.07. The molecule has 82 valence electrons. The molecule has 4 heteroatoms. The molecule has 0 saturated heterocycles. The van der Waals surface area contributed by atoms with E-state index in [-0.39, 0.29) is 6.61 Å². The number of carbonyl (C=O) groups excluding carboxylic acids is 1. The first kappa shape index (κ1) is 11.4. The van der Waals surface area contributed by atoms with E-state index in [0.29, 0.717) is 23.5 Å². The van der Waals surface area contributed by atoms with Crippen molar-refractivity contribution in [3.8, 4) is 17.2 Å². The van der Waals surface area contributed by atoms with E-state index in [2.05, 4.69) is 0 Å². The van der Waals surface area contributed by atoms with Crippen LogP contribution in [0.25, 0.3) is 0 Å². The molecule has 0 spiro atoms. The van der Waals surface area contributed by atoms with Crippen LogP contribution >= 0.6 is 0 Å². The molecule has 0 aliphatic heterocycles. The molecule has 0 aromatic heterocycles. The van der Waals surface area contributed by atoms with Crippen LogP contribution in [0.4, 0.5) is 0 Å². The standard InChI is InChI=1S/C11H14O4/c1-8-6-9(13-2)11(15-5-4-12)10(7-8)14-3/h4,6-7H,5H2,1-3H3. The number of aldehydes is 1. The summed E-state index contributed by atoms with van der Waals surface area (Å²) in [5.41, 5.74) is 1.00. The average Bonchev–Trinajstić information content (AvgIpc) is 2.26. The Morgan fingerprint density at radius 3 is 2.13 bits per heavy atom. The van der Waals surface area contributed by atoms with Crippen molar-refractivity contribution in [2.45, 2.75) is 6.92 Å². The van der Waals surface area contributed by atoms with Crippen molar-refractivity contribution >= 4 is 6.29 Å². The van der Waals surface area contributed by atoms with Crippen molar-refractivity contribution in [2.24, 2.45) is 0 Å². The van der Waals surface area contributed by atoms with Crippen LogP contribution in [0.3, 0.4) is 0 Å². The molecule has 15 heavy (non-hydrogen) atoms. The largest absolute Gasteiger partial charge is 0.493 e. The molecular weight excluding hydrogens is 196 g/mol. The molecule has 0 amide bonds. The van der Waals surface area contributed by atoms with Crippen LogP contribution in [0.5, 0.6) is 17.2 Å². The van der Waals surface area contributed by atoms with Gasteiger partial charge >= 0.3 is 0 Å². The van der Waals surface area contributed by atoms with Gasteiger partial charge in [-0.15, -0.1) is 0 Å². The lowest BCUT2D eigenvalue weighted by Crippen LogP contribution is -2.02. The quantitative estimate of drug-likeness (QED) is 0.692. The molecule has 1 rings (SSSR count). The van der Waals surface area contributed by atoms with Gasteiger partial charge in [-0.3, -0.25) is 4.79 Å². The monoisotopic (exact) mass is 210 g/mol. The van der Waals surface area contributed by atoms with E-state index in [1.165, 1.54) is 0 Å². The molecule has 0 saturated carbocycles. The SMILES string of the molecule is COc1cc(C)cc(OC)c1OCC=O. The van der Waals surface area contributed by atoms with Crippen molar-refractivity contribution in [1.29, 1.82) is 0 Å². The van der Waals surface area contributed by atoms with Gasteiger partial charge in [0.2, 0.25) is 5.75 Å². The molecular formula is C11H14O4. The molecule has 0 bridgehead atoms. The van der Waals surface area contributed by atoms with Crippen molar-refractivity contribution in [2.75, 3.05) is 20.8 Å². The van der Waals surface area contributed by atoms with Gasteiger partial charge in [-0.05, 0) is 24.6 Å². The molecule has 1 aromatic rings. The zero-order valence-corrected chi connectivity index (χ0v) is 9.07. The van der Waals surface area contributed by atoms with Gasteiger partial charge in [-0.1, -0.05) is 0 Å². The van der Waals surface area contributed by atoms with Crippen LogP contribution in [0.1, 0.15) is 5.56 Å². The third kappa shape index (κ3) is 2.62. The normalized spacial score (nSPS) is 9.53. The van der Waals surface area contributed by atoms with Crippen LogP contribution in [-0.4, -0.2) is 27.1 Å². The second kappa shape index (κ2) is 5.24. The summed E-state index contributed by atoms with van der Waals surface area (Å²) in [5.74, 6) is 1.58. The first-order valence-electron chi connectivity index (χ1n) is 4.52. The maximum atomic E-state index is 10.2. The van der Waals surface area contributed by atoms with Crippen LogP contribution in [0.15, 0.2) is 12.1 Å². The van der Waals surface area contributed by atoms with Gasteiger partial charge in [0.1, 0.15) is 6.61 Å². The molecule has 0 heterocycles. The van der Waals surface area contributed by atoms with E-state index < -0.39 is 0 Å². The molecule has 0 fully saturated rings. The van der Waals surface area contributed by atoms with Gasteiger partial charge < -0.3 is 14.2 Å². The number of ether oxygens (including phenoxy) is 3. The Kier molecular flexibility index (Phi) is 3.97. The Labute approximate surface area is 88.8 Å². The predicted octanol–water partition coefficient (Wildman–Crippen LogP) is 1.59. The summed E-state index contributed by atoms with van der Waals surface area (Å²) in [6.45, 7) is 1.91. The molecule has 1 aromatic carbocycles. The highest BCUT2D eigenvalue weighted by atomic mass is 16.5. The number of carbonyl (C=O) groups is 1. The van der Waals surface area contributed by atoms with E-state index in [1.54, 1.807) is 14.2 Å².